The first kappa shape index (κ1) is 25.8. The van der Waals surface area contributed by atoms with Crippen LogP contribution in [0.2, 0.25) is 0 Å². The summed E-state index contributed by atoms with van der Waals surface area (Å²) in [5, 5.41) is 19.3. The Kier molecular flexibility index (Phi) is 8.65. The topological polar surface area (TPSA) is 87.1 Å². The summed E-state index contributed by atoms with van der Waals surface area (Å²) in [5.41, 5.74) is -0.323. The number of thiophene rings is 1. The summed E-state index contributed by atoms with van der Waals surface area (Å²) < 4.78 is 35.6. The number of nitrogens with zero attached hydrogens (tertiary/aromatic N) is 1. The molecule has 1 fully saturated rings. The number of aliphatic hydroxyl groups is 1. The number of cyclic esters (lactones) is 1. The van der Waals surface area contributed by atoms with E-state index in [2.05, 4.69) is 31.9 Å². The average molecular weight is 609 g/mol. The Balaban J connectivity index is 1.65. The van der Waals surface area contributed by atoms with Gasteiger partial charge in [0.15, 0.2) is 0 Å². The highest BCUT2D eigenvalue weighted by Gasteiger charge is 2.39. The Morgan fingerprint density at radius 1 is 1.36 bits per heavy atom. The van der Waals surface area contributed by atoms with Crippen LogP contribution in [0.15, 0.2) is 51.4 Å². The van der Waals surface area contributed by atoms with Crippen LogP contribution >= 0.6 is 43.2 Å². The van der Waals surface area contributed by atoms with E-state index in [9.17, 15) is 23.5 Å². The third-order valence-corrected chi connectivity index (χ3v) is 7.79. The molecule has 2 heterocycles. The van der Waals surface area contributed by atoms with E-state index in [1.54, 1.807) is 6.07 Å². The Bertz CT molecular complexity index is 1050. The highest BCUT2D eigenvalue weighted by atomic mass is 79.9. The van der Waals surface area contributed by atoms with Crippen molar-refractivity contribution in [3.8, 4) is 0 Å². The number of ether oxygens (including phenoxy) is 1. The van der Waals surface area contributed by atoms with Gasteiger partial charge in [-0.05, 0) is 47.0 Å². The molecule has 1 aliphatic heterocycles. The van der Waals surface area contributed by atoms with Crippen LogP contribution in [0.25, 0.3) is 0 Å². The number of carboxylic acids is 1. The standard InChI is InChI=1S/C22H21Br2F2NO5S/c23-14-4-1-3-13(11-14)22(25,26)19(28)7-6-15-8-10-32-21(31)27(15)9-2-5-17-16(24)12-18(33-17)20(29)30/h1,3-4,6-7,11-12,15,19,28H,2,5,8-10H2,(H,29,30). The van der Waals surface area contributed by atoms with Gasteiger partial charge in [0.2, 0.25) is 0 Å². The zero-order chi connectivity index (χ0) is 24.2. The van der Waals surface area contributed by atoms with E-state index in [4.69, 9.17) is 9.84 Å². The molecule has 0 spiro atoms. The monoisotopic (exact) mass is 607 g/mol. The van der Waals surface area contributed by atoms with Gasteiger partial charge >= 0.3 is 18.0 Å². The molecule has 0 aliphatic carbocycles. The van der Waals surface area contributed by atoms with E-state index in [-0.39, 0.29) is 17.0 Å². The highest BCUT2D eigenvalue weighted by molar-refractivity contribution is 9.10. The van der Waals surface area contributed by atoms with Crippen LogP contribution in [-0.2, 0) is 17.1 Å². The minimum absolute atomic E-state index is 0.154. The van der Waals surface area contributed by atoms with Crippen LogP contribution in [0.5, 0.6) is 0 Å². The molecule has 1 amide bonds. The van der Waals surface area contributed by atoms with Crippen molar-refractivity contribution in [3.63, 3.8) is 0 Å². The minimum atomic E-state index is -3.51. The second-order valence-electron chi connectivity index (χ2n) is 7.42. The summed E-state index contributed by atoms with van der Waals surface area (Å²) in [7, 11) is 0. The number of carbonyl (C=O) groups excluding carboxylic acids is 1. The fourth-order valence-corrected chi connectivity index (χ4v) is 5.56. The number of hydrogen-bond acceptors (Lipinski definition) is 5. The molecule has 1 saturated heterocycles. The largest absolute Gasteiger partial charge is 0.477 e. The second kappa shape index (κ2) is 11.1. The number of hydrogen-bond donors (Lipinski definition) is 2. The molecule has 1 aromatic carbocycles. The van der Waals surface area contributed by atoms with E-state index in [0.717, 1.165) is 22.3 Å². The summed E-state index contributed by atoms with van der Waals surface area (Å²) in [6.07, 6.45) is 1.27. The molecule has 33 heavy (non-hydrogen) atoms. The molecule has 3 rings (SSSR count). The Morgan fingerprint density at radius 2 is 2.12 bits per heavy atom. The van der Waals surface area contributed by atoms with Crippen molar-refractivity contribution in [3.05, 3.63) is 66.7 Å². The zero-order valence-electron chi connectivity index (χ0n) is 17.2. The van der Waals surface area contributed by atoms with Crippen LogP contribution in [0.4, 0.5) is 13.6 Å². The molecule has 0 bridgehead atoms. The molecule has 6 nitrogen and oxygen atoms in total. The van der Waals surface area contributed by atoms with Crippen molar-refractivity contribution in [1.29, 1.82) is 0 Å². The molecule has 2 N–H and O–H groups in total. The number of alkyl halides is 2. The smallest absolute Gasteiger partial charge is 0.410 e. The molecule has 178 valence electrons. The predicted octanol–water partition coefficient (Wildman–Crippen LogP) is 5.82. The summed E-state index contributed by atoms with van der Waals surface area (Å²) in [4.78, 5) is 25.9. The lowest BCUT2D eigenvalue weighted by Gasteiger charge is -2.33. The molecule has 0 radical (unpaired) electrons. The van der Waals surface area contributed by atoms with Crippen molar-refractivity contribution >= 4 is 55.3 Å². The third kappa shape index (κ3) is 6.40. The summed E-state index contributed by atoms with van der Waals surface area (Å²) in [6, 6.07) is 6.61. The van der Waals surface area contributed by atoms with Crippen LogP contribution in [0, 0.1) is 0 Å². The Labute approximate surface area is 210 Å². The maximum absolute atomic E-state index is 14.7. The molecule has 11 heteroatoms. The summed E-state index contributed by atoms with van der Waals surface area (Å²) in [6.45, 7) is 0.444. The van der Waals surface area contributed by atoms with Gasteiger partial charge in [0.25, 0.3) is 0 Å². The van der Waals surface area contributed by atoms with E-state index in [0.29, 0.717) is 34.8 Å². The first-order chi connectivity index (χ1) is 15.6. The number of halogens is 4. The first-order valence-electron chi connectivity index (χ1n) is 10.0. The fraction of sp³-hybridized carbons (Fsp3) is 0.364. The van der Waals surface area contributed by atoms with E-state index >= 15 is 0 Å². The number of aromatic carboxylic acids is 1. The molecule has 0 saturated carbocycles. The number of carbonyl (C=O) groups is 2. The molecule has 2 aromatic rings. The van der Waals surface area contributed by atoms with Gasteiger partial charge in [-0.2, -0.15) is 8.78 Å². The number of aryl methyl sites for hydroxylation is 1. The van der Waals surface area contributed by atoms with Crippen LogP contribution in [0.1, 0.15) is 33.0 Å². The maximum atomic E-state index is 14.7. The Morgan fingerprint density at radius 3 is 2.79 bits per heavy atom. The number of benzene rings is 1. The number of carboxylic acid groups (broad SMARTS) is 1. The SMILES string of the molecule is O=C(O)c1cc(Br)c(CCCN2C(=O)OCCC2C=CC(O)C(F)(F)c2cccc(Br)c2)s1. The summed E-state index contributed by atoms with van der Waals surface area (Å²) in [5.74, 6) is -4.51. The lowest BCUT2D eigenvalue weighted by Crippen LogP contribution is -2.45. The van der Waals surface area contributed by atoms with E-state index in [1.807, 2.05) is 0 Å². The van der Waals surface area contributed by atoms with Crippen LogP contribution in [-0.4, -0.2) is 52.5 Å². The van der Waals surface area contributed by atoms with Crippen molar-refractivity contribution in [2.45, 2.75) is 37.3 Å². The van der Waals surface area contributed by atoms with Crippen LogP contribution in [0.3, 0.4) is 0 Å². The van der Waals surface area contributed by atoms with Crippen molar-refractivity contribution in [2.24, 2.45) is 0 Å². The molecule has 1 aromatic heterocycles. The van der Waals surface area contributed by atoms with E-state index in [1.165, 1.54) is 35.2 Å². The predicted molar refractivity (Wildman–Crippen MR) is 127 cm³/mol. The fourth-order valence-electron chi connectivity index (χ4n) is 3.41. The number of amides is 1. The van der Waals surface area contributed by atoms with Gasteiger partial charge in [-0.25, -0.2) is 9.59 Å². The first-order valence-corrected chi connectivity index (χ1v) is 12.4. The number of rotatable bonds is 9. The van der Waals surface area contributed by atoms with Gasteiger partial charge in [-0.1, -0.05) is 40.2 Å². The van der Waals surface area contributed by atoms with Gasteiger partial charge in [0, 0.05) is 32.4 Å². The lowest BCUT2D eigenvalue weighted by molar-refractivity contribution is -0.0930. The van der Waals surface area contributed by atoms with Gasteiger partial charge in [0.1, 0.15) is 11.0 Å². The van der Waals surface area contributed by atoms with Gasteiger partial charge in [0.05, 0.1) is 12.6 Å². The quantitative estimate of drug-likeness (QED) is 0.350. The highest BCUT2D eigenvalue weighted by Crippen LogP contribution is 2.34. The van der Waals surface area contributed by atoms with Crippen molar-refractivity contribution in [2.75, 3.05) is 13.2 Å². The molecular formula is C22H21Br2F2NO5S. The minimum Gasteiger partial charge on any atom is -0.477 e. The average Bonchev–Trinajstić information content (AvgIpc) is 3.14. The number of aliphatic hydroxyl groups excluding tert-OH is 1. The lowest BCUT2D eigenvalue weighted by atomic mass is 10.0. The van der Waals surface area contributed by atoms with Crippen molar-refractivity contribution in [1.82, 2.24) is 4.90 Å². The molecular weight excluding hydrogens is 588 g/mol. The van der Waals surface area contributed by atoms with Gasteiger partial charge in [-0.3, -0.25) is 0 Å². The van der Waals surface area contributed by atoms with E-state index < -0.39 is 30.1 Å². The third-order valence-electron chi connectivity index (χ3n) is 5.14. The van der Waals surface area contributed by atoms with Crippen molar-refractivity contribution < 1.29 is 33.3 Å². The maximum Gasteiger partial charge on any atom is 0.410 e. The Hall–Kier alpha value is -1.82. The second-order valence-corrected chi connectivity index (χ2v) is 10.3. The van der Waals surface area contributed by atoms with Gasteiger partial charge < -0.3 is 19.8 Å². The molecule has 2 atom stereocenters. The van der Waals surface area contributed by atoms with Crippen LogP contribution < -0.4 is 0 Å². The molecule has 1 aliphatic rings. The molecule has 2 unspecified atom stereocenters. The zero-order valence-corrected chi connectivity index (χ0v) is 21.2. The normalized spacial score (nSPS) is 17.9. The summed E-state index contributed by atoms with van der Waals surface area (Å²) >= 11 is 7.66. The van der Waals surface area contributed by atoms with Gasteiger partial charge in [-0.15, -0.1) is 11.3 Å².